The molecule has 1 fully saturated rings. The SMILES string of the molecule is O=C(CNS(=O)(=O)c1ccccc1)NCC1(c2ccccc2)CCC1. The lowest BCUT2D eigenvalue weighted by atomic mass is 9.64. The van der Waals surface area contributed by atoms with Crippen molar-refractivity contribution in [3.63, 3.8) is 0 Å². The molecule has 1 saturated carbocycles. The van der Waals surface area contributed by atoms with E-state index in [0.717, 1.165) is 19.3 Å². The molecule has 2 aromatic rings. The number of rotatable bonds is 7. The molecular formula is C19H22N2O3S. The molecule has 0 bridgehead atoms. The van der Waals surface area contributed by atoms with Crippen LogP contribution < -0.4 is 10.0 Å². The van der Waals surface area contributed by atoms with Gasteiger partial charge in [-0.2, -0.15) is 0 Å². The van der Waals surface area contributed by atoms with Gasteiger partial charge in [0.15, 0.2) is 0 Å². The maximum Gasteiger partial charge on any atom is 0.241 e. The highest BCUT2D eigenvalue weighted by atomic mass is 32.2. The van der Waals surface area contributed by atoms with Crippen LogP contribution in [0.15, 0.2) is 65.6 Å². The molecule has 0 saturated heterocycles. The van der Waals surface area contributed by atoms with E-state index in [1.165, 1.54) is 17.7 Å². The molecule has 1 aliphatic carbocycles. The van der Waals surface area contributed by atoms with Crippen molar-refractivity contribution in [2.75, 3.05) is 13.1 Å². The van der Waals surface area contributed by atoms with E-state index in [1.807, 2.05) is 18.2 Å². The molecular weight excluding hydrogens is 336 g/mol. The summed E-state index contributed by atoms with van der Waals surface area (Å²) in [6.07, 6.45) is 3.21. The molecule has 0 atom stereocenters. The Morgan fingerprint density at radius 1 is 0.960 bits per heavy atom. The highest BCUT2D eigenvalue weighted by molar-refractivity contribution is 7.89. The predicted molar refractivity (Wildman–Crippen MR) is 96.6 cm³/mol. The lowest BCUT2D eigenvalue weighted by molar-refractivity contribution is -0.120. The Morgan fingerprint density at radius 2 is 1.56 bits per heavy atom. The van der Waals surface area contributed by atoms with E-state index < -0.39 is 10.0 Å². The van der Waals surface area contributed by atoms with Gasteiger partial charge < -0.3 is 5.32 Å². The Morgan fingerprint density at radius 3 is 2.12 bits per heavy atom. The third-order valence-electron chi connectivity index (χ3n) is 4.80. The quantitative estimate of drug-likeness (QED) is 0.797. The molecule has 5 nitrogen and oxygen atoms in total. The summed E-state index contributed by atoms with van der Waals surface area (Å²) in [5.41, 5.74) is 1.21. The zero-order chi connectivity index (χ0) is 17.8. The van der Waals surface area contributed by atoms with Crippen LogP contribution in [0, 0.1) is 0 Å². The number of amides is 1. The van der Waals surface area contributed by atoms with Crippen LogP contribution >= 0.6 is 0 Å². The number of hydrogen-bond donors (Lipinski definition) is 2. The summed E-state index contributed by atoms with van der Waals surface area (Å²) in [5, 5.41) is 2.88. The van der Waals surface area contributed by atoms with Gasteiger partial charge in [-0.1, -0.05) is 55.0 Å². The largest absolute Gasteiger partial charge is 0.354 e. The van der Waals surface area contributed by atoms with Crippen molar-refractivity contribution in [2.45, 2.75) is 29.6 Å². The minimum atomic E-state index is -3.66. The van der Waals surface area contributed by atoms with Gasteiger partial charge in [0.2, 0.25) is 15.9 Å². The summed E-state index contributed by atoms with van der Waals surface area (Å²) in [7, 11) is -3.66. The highest BCUT2D eigenvalue weighted by Crippen LogP contribution is 2.43. The first-order valence-electron chi connectivity index (χ1n) is 8.39. The molecule has 0 unspecified atom stereocenters. The second kappa shape index (κ2) is 7.37. The molecule has 0 aliphatic heterocycles. The van der Waals surface area contributed by atoms with Gasteiger partial charge in [0.05, 0.1) is 11.4 Å². The molecule has 6 heteroatoms. The zero-order valence-electron chi connectivity index (χ0n) is 13.9. The Balaban J connectivity index is 1.55. The molecule has 1 aliphatic rings. The first-order valence-corrected chi connectivity index (χ1v) is 9.87. The molecule has 0 aromatic heterocycles. The molecule has 0 heterocycles. The summed E-state index contributed by atoms with van der Waals surface area (Å²) in [6, 6.07) is 18.2. The topological polar surface area (TPSA) is 75.3 Å². The Bertz CT molecular complexity index is 816. The van der Waals surface area contributed by atoms with Gasteiger partial charge in [0, 0.05) is 12.0 Å². The van der Waals surface area contributed by atoms with Crippen LogP contribution in [0.1, 0.15) is 24.8 Å². The lowest BCUT2D eigenvalue weighted by Crippen LogP contribution is -2.47. The van der Waals surface area contributed by atoms with Crippen molar-refractivity contribution < 1.29 is 13.2 Å². The minimum absolute atomic E-state index is 0.0186. The molecule has 2 aromatic carbocycles. The molecule has 2 N–H and O–H groups in total. The number of carbonyl (C=O) groups is 1. The molecule has 25 heavy (non-hydrogen) atoms. The normalized spacial score (nSPS) is 16.0. The monoisotopic (exact) mass is 358 g/mol. The first-order chi connectivity index (χ1) is 12.0. The van der Waals surface area contributed by atoms with Crippen LogP contribution in [0.3, 0.4) is 0 Å². The van der Waals surface area contributed by atoms with E-state index in [1.54, 1.807) is 18.2 Å². The zero-order valence-corrected chi connectivity index (χ0v) is 14.8. The number of benzene rings is 2. The molecule has 3 rings (SSSR count). The van der Waals surface area contributed by atoms with Gasteiger partial charge in [-0.3, -0.25) is 4.79 Å². The molecule has 0 spiro atoms. The fraction of sp³-hybridized carbons (Fsp3) is 0.316. The fourth-order valence-electron chi connectivity index (χ4n) is 3.14. The van der Waals surface area contributed by atoms with Gasteiger partial charge in [0.25, 0.3) is 0 Å². The highest BCUT2D eigenvalue weighted by Gasteiger charge is 2.38. The summed E-state index contributed by atoms with van der Waals surface area (Å²) >= 11 is 0. The maximum absolute atomic E-state index is 12.1. The van der Waals surface area contributed by atoms with Gasteiger partial charge in [-0.15, -0.1) is 0 Å². The molecule has 0 radical (unpaired) electrons. The predicted octanol–water partition coefficient (Wildman–Crippen LogP) is 2.20. The van der Waals surface area contributed by atoms with Crippen molar-refractivity contribution in [3.05, 3.63) is 66.2 Å². The van der Waals surface area contributed by atoms with Crippen molar-refractivity contribution in [1.82, 2.24) is 10.0 Å². The number of nitrogens with one attached hydrogen (secondary N) is 2. The number of hydrogen-bond acceptors (Lipinski definition) is 3. The van der Waals surface area contributed by atoms with Crippen molar-refractivity contribution in [3.8, 4) is 0 Å². The van der Waals surface area contributed by atoms with Crippen LogP contribution in [0.4, 0.5) is 0 Å². The van der Waals surface area contributed by atoms with Crippen molar-refractivity contribution >= 4 is 15.9 Å². The van der Waals surface area contributed by atoms with Gasteiger partial charge in [-0.05, 0) is 30.5 Å². The van der Waals surface area contributed by atoms with Crippen LogP contribution in [-0.2, 0) is 20.2 Å². The van der Waals surface area contributed by atoms with Gasteiger partial charge in [-0.25, -0.2) is 13.1 Å². The van der Waals surface area contributed by atoms with Crippen LogP contribution in [0.2, 0.25) is 0 Å². The summed E-state index contributed by atoms with van der Waals surface area (Å²) in [6.45, 7) is 0.269. The standard InChI is InChI=1S/C19H22N2O3S/c22-18(14-21-25(23,24)17-10-5-2-6-11-17)20-15-19(12-7-13-19)16-8-3-1-4-9-16/h1-6,8-11,21H,7,12-15H2,(H,20,22). The second-order valence-electron chi connectivity index (χ2n) is 6.41. The average molecular weight is 358 g/mol. The third-order valence-corrected chi connectivity index (χ3v) is 6.21. The fourth-order valence-corrected chi connectivity index (χ4v) is 4.14. The van der Waals surface area contributed by atoms with E-state index in [4.69, 9.17) is 0 Å². The van der Waals surface area contributed by atoms with E-state index in [-0.39, 0.29) is 22.8 Å². The summed E-state index contributed by atoms with van der Waals surface area (Å²) in [4.78, 5) is 12.3. The average Bonchev–Trinajstić information content (AvgIpc) is 2.61. The van der Waals surface area contributed by atoms with Crippen molar-refractivity contribution in [1.29, 1.82) is 0 Å². The Hall–Kier alpha value is -2.18. The lowest BCUT2D eigenvalue weighted by Gasteiger charge is -2.42. The summed E-state index contributed by atoms with van der Waals surface area (Å²) < 4.78 is 26.6. The van der Waals surface area contributed by atoms with Gasteiger partial charge in [0.1, 0.15) is 0 Å². The summed E-state index contributed by atoms with van der Waals surface area (Å²) in [5.74, 6) is -0.318. The minimum Gasteiger partial charge on any atom is -0.354 e. The van der Waals surface area contributed by atoms with Crippen LogP contribution in [0.25, 0.3) is 0 Å². The third kappa shape index (κ3) is 4.08. The van der Waals surface area contributed by atoms with E-state index in [0.29, 0.717) is 6.54 Å². The van der Waals surface area contributed by atoms with Crippen molar-refractivity contribution in [2.24, 2.45) is 0 Å². The molecule has 132 valence electrons. The smallest absolute Gasteiger partial charge is 0.241 e. The van der Waals surface area contributed by atoms with Crippen LogP contribution in [0.5, 0.6) is 0 Å². The first kappa shape index (κ1) is 17.6. The Kier molecular flexibility index (Phi) is 5.20. The van der Waals surface area contributed by atoms with E-state index in [2.05, 4.69) is 22.2 Å². The Labute approximate surface area is 148 Å². The van der Waals surface area contributed by atoms with Gasteiger partial charge >= 0.3 is 0 Å². The number of sulfonamides is 1. The number of carbonyl (C=O) groups excluding carboxylic acids is 1. The maximum atomic E-state index is 12.1. The molecule has 1 amide bonds. The second-order valence-corrected chi connectivity index (χ2v) is 8.18. The van der Waals surface area contributed by atoms with E-state index in [9.17, 15) is 13.2 Å². The van der Waals surface area contributed by atoms with Crippen LogP contribution in [-0.4, -0.2) is 27.4 Å². The van der Waals surface area contributed by atoms with E-state index >= 15 is 0 Å².